The molecule has 2 rings (SSSR count). The van der Waals surface area contributed by atoms with Crippen LogP contribution in [0.15, 0.2) is 6.07 Å². The Balaban J connectivity index is 1.89. The van der Waals surface area contributed by atoms with Crippen LogP contribution in [0.25, 0.3) is 0 Å². The molecule has 1 aliphatic rings. The number of nitrogens with one attached hydrogen (secondary N) is 2. The van der Waals surface area contributed by atoms with Gasteiger partial charge in [0, 0.05) is 19.2 Å². The van der Waals surface area contributed by atoms with E-state index in [1.54, 1.807) is 0 Å². The fraction of sp³-hybridized carbons (Fsp3) is 0.667. The number of pyridine rings is 1. The van der Waals surface area contributed by atoms with E-state index in [-0.39, 0.29) is 11.6 Å². The zero-order valence-corrected chi connectivity index (χ0v) is 12.0. The fourth-order valence-electron chi connectivity index (χ4n) is 2.75. The number of nitrogens with zero attached hydrogens (tertiary/aromatic N) is 1. The van der Waals surface area contributed by atoms with Crippen LogP contribution in [0.2, 0.25) is 0 Å². The van der Waals surface area contributed by atoms with Crippen LogP contribution in [0.4, 0.5) is 20.4 Å². The first kappa shape index (κ1) is 15.0. The average Bonchev–Trinajstić information content (AvgIpc) is 2.45. The summed E-state index contributed by atoms with van der Waals surface area (Å²) in [4.78, 5) is 3.97. The third-order valence-corrected chi connectivity index (χ3v) is 3.84. The minimum absolute atomic E-state index is 0.106. The van der Waals surface area contributed by atoms with Gasteiger partial charge < -0.3 is 10.6 Å². The number of anilines is 2. The van der Waals surface area contributed by atoms with Crippen molar-refractivity contribution in [2.24, 2.45) is 5.92 Å². The highest BCUT2D eigenvalue weighted by atomic mass is 19.1. The lowest BCUT2D eigenvalue weighted by Gasteiger charge is -2.21. The largest absolute Gasteiger partial charge is 0.368 e. The third kappa shape index (κ3) is 4.05. The Bertz CT molecular complexity index is 431. The van der Waals surface area contributed by atoms with Crippen molar-refractivity contribution in [3.05, 3.63) is 17.7 Å². The molecular formula is C15H23F2N3. The van der Waals surface area contributed by atoms with Crippen molar-refractivity contribution >= 4 is 11.6 Å². The summed E-state index contributed by atoms with van der Waals surface area (Å²) in [6, 6.07) is 0.883. The molecule has 1 aromatic heterocycles. The molecule has 1 aliphatic carbocycles. The first-order chi connectivity index (χ1) is 9.70. The molecule has 1 aromatic rings. The molecule has 1 saturated carbocycles. The van der Waals surface area contributed by atoms with Crippen LogP contribution < -0.4 is 10.6 Å². The van der Waals surface area contributed by atoms with Gasteiger partial charge in [0.05, 0.1) is 0 Å². The van der Waals surface area contributed by atoms with Gasteiger partial charge in [-0.25, -0.2) is 13.8 Å². The van der Waals surface area contributed by atoms with E-state index in [9.17, 15) is 8.78 Å². The number of hydrogen-bond acceptors (Lipinski definition) is 3. The maximum atomic E-state index is 13.6. The van der Waals surface area contributed by atoms with Gasteiger partial charge in [-0.05, 0) is 19.3 Å². The molecule has 1 fully saturated rings. The Kier molecular flexibility index (Phi) is 5.56. The van der Waals surface area contributed by atoms with Gasteiger partial charge in [0.25, 0.3) is 0 Å². The SMILES string of the molecule is CCNc1nc(NCCC2CCCCC2)c(F)cc1F. The van der Waals surface area contributed by atoms with E-state index in [2.05, 4.69) is 15.6 Å². The highest BCUT2D eigenvalue weighted by Crippen LogP contribution is 2.26. The minimum Gasteiger partial charge on any atom is -0.368 e. The molecule has 0 amide bonds. The van der Waals surface area contributed by atoms with Gasteiger partial charge >= 0.3 is 0 Å². The van der Waals surface area contributed by atoms with Crippen molar-refractivity contribution in [2.75, 3.05) is 23.7 Å². The summed E-state index contributed by atoms with van der Waals surface area (Å²) in [7, 11) is 0. The second kappa shape index (κ2) is 7.41. The summed E-state index contributed by atoms with van der Waals surface area (Å²) in [6.07, 6.45) is 7.50. The molecule has 0 radical (unpaired) electrons. The Hall–Kier alpha value is -1.39. The Morgan fingerprint density at radius 2 is 1.75 bits per heavy atom. The topological polar surface area (TPSA) is 37.0 Å². The summed E-state index contributed by atoms with van der Waals surface area (Å²) in [5.41, 5.74) is 0. The maximum Gasteiger partial charge on any atom is 0.168 e. The van der Waals surface area contributed by atoms with E-state index in [4.69, 9.17) is 0 Å². The van der Waals surface area contributed by atoms with Crippen LogP contribution >= 0.6 is 0 Å². The van der Waals surface area contributed by atoms with E-state index < -0.39 is 11.6 Å². The summed E-state index contributed by atoms with van der Waals surface area (Å²) in [5, 5.41) is 5.78. The maximum absolute atomic E-state index is 13.6. The number of halogens is 2. The van der Waals surface area contributed by atoms with Crippen molar-refractivity contribution in [1.29, 1.82) is 0 Å². The van der Waals surface area contributed by atoms with Gasteiger partial charge in [-0.2, -0.15) is 0 Å². The third-order valence-electron chi connectivity index (χ3n) is 3.84. The summed E-state index contributed by atoms with van der Waals surface area (Å²) < 4.78 is 27.1. The van der Waals surface area contributed by atoms with Gasteiger partial charge in [-0.3, -0.25) is 0 Å². The normalized spacial score (nSPS) is 16.1. The van der Waals surface area contributed by atoms with Gasteiger partial charge in [0.15, 0.2) is 23.3 Å². The zero-order chi connectivity index (χ0) is 14.4. The van der Waals surface area contributed by atoms with E-state index in [0.717, 1.165) is 18.4 Å². The van der Waals surface area contributed by atoms with E-state index in [0.29, 0.717) is 13.1 Å². The number of hydrogen-bond donors (Lipinski definition) is 2. The van der Waals surface area contributed by atoms with Gasteiger partial charge in [-0.15, -0.1) is 0 Å². The summed E-state index contributed by atoms with van der Waals surface area (Å²) >= 11 is 0. The van der Waals surface area contributed by atoms with E-state index >= 15 is 0 Å². The van der Waals surface area contributed by atoms with E-state index in [1.165, 1.54) is 32.1 Å². The Labute approximate surface area is 119 Å². The molecule has 20 heavy (non-hydrogen) atoms. The zero-order valence-electron chi connectivity index (χ0n) is 12.0. The summed E-state index contributed by atoms with van der Waals surface area (Å²) in [6.45, 7) is 3.09. The van der Waals surface area contributed by atoms with Crippen molar-refractivity contribution in [1.82, 2.24) is 4.98 Å². The standard InChI is InChI=1S/C15H23F2N3/c1-2-18-14-12(16)10-13(17)15(20-14)19-9-8-11-6-4-3-5-7-11/h10-11H,2-9H2,1H3,(H2,18,19,20). The predicted octanol–water partition coefficient (Wildman–Crippen LogP) is 4.17. The molecule has 3 nitrogen and oxygen atoms in total. The lowest BCUT2D eigenvalue weighted by molar-refractivity contribution is 0.345. The van der Waals surface area contributed by atoms with Crippen LogP contribution in [0.1, 0.15) is 45.4 Å². The van der Waals surface area contributed by atoms with Crippen molar-refractivity contribution < 1.29 is 8.78 Å². The minimum atomic E-state index is -0.651. The second-order valence-corrected chi connectivity index (χ2v) is 5.40. The first-order valence-corrected chi connectivity index (χ1v) is 7.54. The monoisotopic (exact) mass is 283 g/mol. The molecule has 0 aromatic carbocycles. The molecule has 112 valence electrons. The molecule has 0 aliphatic heterocycles. The average molecular weight is 283 g/mol. The van der Waals surface area contributed by atoms with Crippen LogP contribution in [-0.4, -0.2) is 18.1 Å². The highest BCUT2D eigenvalue weighted by Gasteiger charge is 2.14. The Morgan fingerprint density at radius 3 is 2.40 bits per heavy atom. The quantitative estimate of drug-likeness (QED) is 0.822. The lowest BCUT2D eigenvalue weighted by Crippen LogP contribution is -2.14. The molecular weight excluding hydrogens is 260 g/mol. The molecule has 0 spiro atoms. The number of aromatic nitrogens is 1. The fourth-order valence-corrected chi connectivity index (χ4v) is 2.75. The molecule has 0 unspecified atom stereocenters. The molecule has 1 heterocycles. The highest BCUT2D eigenvalue weighted by molar-refractivity contribution is 5.47. The second-order valence-electron chi connectivity index (χ2n) is 5.40. The van der Waals surface area contributed by atoms with Crippen molar-refractivity contribution in [2.45, 2.75) is 45.4 Å². The lowest BCUT2D eigenvalue weighted by atomic mass is 9.87. The van der Waals surface area contributed by atoms with Crippen LogP contribution in [0, 0.1) is 17.6 Å². The first-order valence-electron chi connectivity index (χ1n) is 7.54. The van der Waals surface area contributed by atoms with Gasteiger partial charge in [0.1, 0.15) is 0 Å². The smallest absolute Gasteiger partial charge is 0.168 e. The van der Waals surface area contributed by atoms with Gasteiger partial charge in [0.2, 0.25) is 0 Å². The molecule has 5 heteroatoms. The predicted molar refractivity (Wildman–Crippen MR) is 78.0 cm³/mol. The van der Waals surface area contributed by atoms with Crippen molar-refractivity contribution in [3.8, 4) is 0 Å². The van der Waals surface area contributed by atoms with Crippen molar-refractivity contribution in [3.63, 3.8) is 0 Å². The Morgan fingerprint density at radius 1 is 1.10 bits per heavy atom. The number of rotatable bonds is 6. The molecule has 0 atom stereocenters. The van der Waals surface area contributed by atoms with Crippen LogP contribution in [-0.2, 0) is 0 Å². The molecule has 0 bridgehead atoms. The summed E-state index contributed by atoms with van der Waals surface area (Å²) in [5.74, 6) is -0.310. The molecule has 0 saturated heterocycles. The van der Waals surface area contributed by atoms with Crippen LogP contribution in [0.5, 0.6) is 0 Å². The van der Waals surface area contributed by atoms with Crippen LogP contribution in [0.3, 0.4) is 0 Å². The van der Waals surface area contributed by atoms with E-state index in [1.807, 2.05) is 6.92 Å². The molecule has 2 N–H and O–H groups in total. The van der Waals surface area contributed by atoms with Gasteiger partial charge in [-0.1, -0.05) is 32.1 Å².